The standard InChI is InChI=1S/C16H18FN3O2S/c1-10(2)20-8-7-13(16(20)21)23-9-14-18-15(22-19-14)11-3-5-12(17)6-4-11/h3-6,10,13H,7-9H2,1-2H3/t13-/m1/s1. The SMILES string of the molecule is CC(C)N1CC[C@@H](SCc2noc(-c3ccc(F)cc3)n2)C1=O. The summed E-state index contributed by atoms with van der Waals surface area (Å²) in [6.45, 7) is 4.86. The number of nitrogens with zero attached hydrogens (tertiary/aromatic N) is 3. The average Bonchev–Trinajstić information content (AvgIpc) is 3.13. The molecule has 2 aromatic rings. The molecule has 0 N–H and O–H groups in total. The van der Waals surface area contributed by atoms with Crippen LogP contribution in [0.15, 0.2) is 28.8 Å². The van der Waals surface area contributed by atoms with Gasteiger partial charge in [0, 0.05) is 18.2 Å². The van der Waals surface area contributed by atoms with Gasteiger partial charge in [-0.3, -0.25) is 4.79 Å². The van der Waals surface area contributed by atoms with Crippen LogP contribution in [0.1, 0.15) is 26.1 Å². The number of thioether (sulfide) groups is 1. The summed E-state index contributed by atoms with van der Waals surface area (Å²) in [5.41, 5.74) is 0.679. The van der Waals surface area contributed by atoms with Gasteiger partial charge in [0.05, 0.1) is 11.0 Å². The zero-order valence-electron chi connectivity index (χ0n) is 13.0. The molecule has 1 aliphatic heterocycles. The highest BCUT2D eigenvalue weighted by atomic mass is 32.2. The quantitative estimate of drug-likeness (QED) is 0.840. The Morgan fingerprint density at radius 1 is 1.39 bits per heavy atom. The largest absolute Gasteiger partial charge is 0.339 e. The maximum absolute atomic E-state index is 12.9. The summed E-state index contributed by atoms with van der Waals surface area (Å²) in [5, 5.41) is 3.89. The van der Waals surface area contributed by atoms with Gasteiger partial charge in [0.25, 0.3) is 5.89 Å². The van der Waals surface area contributed by atoms with Crippen LogP contribution < -0.4 is 0 Å². The van der Waals surface area contributed by atoms with Gasteiger partial charge in [-0.15, -0.1) is 11.8 Å². The Morgan fingerprint density at radius 2 is 2.13 bits per heavy atom. The molecule has 2 heterocycles. The molecule has 1 aromatic heterocycles. The molecule has 1 aliphatic rings. The van der Waals surface area contributed by atoms with E-state index in [9.17, 15) is 9.18 Å². The normalized spacial score (nSPS) is 18.2. The second-order valence-corrected chi connectivity index (χ2v) is 6.93. The summed E-state index contributed by atoms with van der Waals surface area (Å²) < 4.78 is 18.1. The monoisotopic (exact) mass is 335 g/mol. The molecule has 0 aliphatic carbocycles. The van der Waals surface area contributed by atoms with Crippen molar-refractivity contribution < 1.29 is 13.7 Å². The molecule has 1 amide bonds. The van der Waals surface area contributed by atoms with Crippen LogP contribution >= 0.6 is 11.8 Å². The summed E-state index contributed by atoms with van der Waals surface area (Å²) in [4.78, 5) is 18.4. The zero-order valence-corrected chi connectivity index (χ0v) is 13.8. The van der Waals surface area contributed by atoms with Gasteiger partial charge in [-0.05, 0) is 44.5 Å². The van der Waals surface area contributed by atoms with Crippen molar-refractivity contribution in [1.82, 2.24) is 15.0 Å². The van der Waals surface area contributed by atoms with Crippen molar-refractivity contribution in [2.45, 2.75) is 37.3 Å². The van der Waals surface area contributed by atoms with Crippen molar-refractivity contribution >= 4 is 17.7 Å². The predicted octanol–water partition coefficient (Wildman–Crippen LogP) is 3.12. The van der Waals surface area contributed by atoms with E-state index in [0.717, 1.165) is 13.0 Å². The number of carbonyl (C=O) groups excluding carboxylic acids is 1. The van der Waals surface area contributed by atoms with Crippen LogP contribution in [0.25, 0.3) is 11.5 Å². The number of halogens is 1. The molecule has 0 spiro atoms. The lowest BCUT2D eigenvalue weighted by molar-refractivity contribution is -0.128. The Balaban J connectivity index is 1.60. The first kappa shape index (κ1) is 16.0. The molecule has 0 radical (unpaired) electrons. The maximum atomic E-state index is 12.9. The highest BCUT2D eigenvalue weighted by molar-refractivity contribution is 7.99. The van der Waals surface area contributed by atoms with Crippen LogP contribution in [-0.4, -0.2) is 38.8 Å². The molecule has 122 valence electrons. The van der Waals surface area contributed by atoms with E-state index in [-0.39, 0.29) is 23.0 Å². The van der Waals surface area contributed by atoms with Crippen LogP contribution in [0.2, 0.25) is 0 Å². The summed E-state index contributed by atoms with van der Waals surface area (Å²) in [7, 11) is 0. The fourth-order valence-corrected chi connectivity index (χ4v) is 3.56. The molecule has 1 atom stereocenters. The minimum atomic E-state index is -0.307. The first-order chi connectivity index (χ1) is 11.0. The molecular weight excluding hydrogens is 317 g/mol. The van der Waals surface area contributed by atoms with Crippen molar-refractivity contribution in [3.8, 4) is 11.5 Å². The summed E-state index contributed by atoms with van der Waals surface area (Å²) in [6, 6.07) is 6.14. The van der Waals surface area contributed by atoms with Gasteiger partial charge >= 0.3 is 0 Å². The molecule has 23 heavy (non-hydrogen) atoms. The van der Waals surface area contributed by atoms with Gasteiger partial charge in [0.1, 0.15) is 5.82 Å². The third-order valence-corrected chi connectivity index (χ3v) is 5.05. The Kier molecular flexibility index (Phi) is 4.66. The zero-order chi connectivity index (χ0) is 16.4. The molecule has 7 heteroatoms. The van der Waals surface area contributed by atoms with Gasteiger partial charge in [-0.25, -0.2) is 4.39 Å². The fraction of sp³-hybridized carbons (Fsp3) is 0.438. The molecule has 0 unspecified atom stereocenters. The Hall–Kier alpha value is -1.89. The molecule has 0 bridgehead atoms. The average molecular weight is 335 g/mol. The third-order valence-electron chi connectivity index (χ3n) is 3.79. The molecule has 0 saturated carbocycles. The maximum Gasteiger partial charge on any atom is 0.257 e. The van der Waals surface area contributed by atoms with Crippen LogP contribution in [0.3, 0.4) is 0 Å². The van der Waals surface area contributed by atoms with Crippen molar-refractivity contribution in [2.75, 3.05) is 6.54 Å². The topological polar surface area (TPSA) is 59.2 Å². The lowest BCUT2D eigenvalue weighted by Gasteiger charge is -2.20. The van der Waals surface area contributed by atoms with E-state index < -0.39 is 0 Å². The number of aromatic nitrogens is 2. The smallest absolute Gasteiger partial charge is 0.257 e. The van der Waals surface area contributed by atoms with Gasteiger partial charge in [0.15, 0.2) is 5.82 Å². The van der Waals surface area contributed by atoms with Crippen molar-refractivity contribution in [1.29, 1.82) is 0 Å². The van der Waals surface area contributed by atoms with Crippen LogP contribution in [0.5, 0.6) is 0 Å². The molecule has 5 nitrogen and oxygen atoms in total. The van der Waals surface area contributed by atoms with Crippen molar-refractivity contribution in [3.63, 3.8) is 0 Å². The molecule has 1 saturated heterocycles. The Labute approximate surface area is 138 Å². The molecular formula is C16H18FN3O2S. The van der Waals surface area contributed by atoms with E-state index in [2.05, 4.69) is 10.1 Å². The number of carbonyl (C=O) groups is 1. The third kappa shape index (κ3) is 3.55. The van der Waals surface area contributed by atoms with Gasteiger partial charge < -0.3 is 9.42 Å². The predicted molar refractivity (Wildman–Crippen MR) is 86.2 cm³/mol. The Bertz CT molecular complexity index is 687. The lowest BCUT2D eigenvalue weighted by Crippen LogP contribution is -2.34. The fourth-order valence-electron chi connectivity index (χ4n) is 2.54. The lowest BCUT2D eigenvalue weighted by atomic mass is 10.2. The van der Waals surface area contributed by atoms with E-state index in [1.54, 1.807) is 23.9 Å². The first-order valence-electron chi connectivity index (χ1n) is 7.55. The number of rotatable bonds is 5. The second kappa shape index (κ2) is 6.70. The van der Waals surface area contributed by atoms with Crippen LogP contribution in [0, 0.1) is 5.82 Å². The van der Waals surface area contributed by atoms with Crippen LogP contribution in [-0.2, 0) is 10.5 Å². The summed E-state index contributed by atoms with van der Waals surface area (Å²) in [6.07, 6.45) is 0.852. The molecule has 1 aromatic carbocycles. The van der Waals surface area contributed by atoms with Gasteiger partial charge in [-0.2, -0.15) is 4.98 Å². The Morgan fingerprint density at radius 3 is 2.78 bits per heavy atom. The highest BCUT2D eigenvalue weighted by Crippen LogP contribution is 2.28. The number of hydrogen-bond donors (Lipinski definition) is 0. The van der Waals surface area contributed by atoms with Gasteiger partial charge in [0.2, 0.25) is 5.91 Å². The van der Waals surface area contributed by atoms with Crippen molar-refractivity contribution in [2.24, 2.45) is 0 Å². The van der Waals surface area contributed by atoms with E-state index in [0.29, 0.717) is 23.0 Å². The number of hydrogen-bond acceptors (Lipinski definition) is 5. The second-order valence-electron chi connectivity index (χ2n) is 5.74. The molecule has 3 rings (SSSR count). The number of amides is 1. The molecule has 1 fully saturated rings. The van der Waals surface area contributed by atoms with Crippen molar-refractivity contribution in [3.05, 3.63) is 35.9 Å². The van der Waals surface area contributed by atoms with E-state index in [1.807, 2.05) is 18.7 Å². The van der Waals surface area contributed by atoms with Crippen LogP contribution in [0.4, 0.5) is 4.39 Å². The van der Waals surface area contributed by atoms with E-state index in [4.69, 9.17) is 4.52 Å². The number of likely N-dealkylation sites (tertiary alicyclic amines) is 1. The van der Waals surface area contributed by atoms with E-state index >= 15 is 0 Å². The highest BCUT2D eigenvalue weighted by Gasteiger charge is 2.33. The minimum absolute atomic E-state index is 0.0369. The minimum Gasteiger partial charge on any atom is -0.339 e. The first-order valence-corrected chi connectivity index (χ1v) is 8.60. The van der Waals surface area contributed by atoms with Gasteiger partial charge in [-0.1, -0.05) is 5.16 Å². The van der Waals surface area contributed by atoms with E-state index in [1.165, 1.54) is 12.1 Å². The number of benzene rings is 1. The summed E-state index contributed by atoms with van der Waals surface area (Å²) in [5.74, 6) is 1.31. The summed E-state index contributed by atoms with van der Waals surface area (Å²) >= 11 is 1.54.